The Morgan fingerprint density at radius 2 is 2.29 bits per heavy atom. The third-order valence-corrected chi connectivity index (χ3v) is 2.77. The van der Waals surface area contributed by atoms with Gasteiger partial charge in [-0.1, -0.05) is 20.3 Å². The fourth-order valence-corrected chi connectivity index (χ4v) is 1.74. The van der Waals surface area contributed by atoms with Crippen LogP contribution in [0.4, 0.5) is 0 Å². The number of rotatable bonds is 7. The van der Waals surface area contributed by atoms with Gasteiger partial charge in [-0.3, -0.25) is 0 Å². The quantitative estimate of drug-likeness (QED) is 0.743. The number of methoxy groups -OCH3 is 1. The molecule has 0 fully saturated rings. The van der Waals surface area contributed by atoms with E-state index in [1.54, 1.807) is 6.07 Å². The van der Waals surface area contributed by atoms with E-state index < -0.39 is 0 Å². The standard InChI is InChI=1S/C13H21NO3/c1-4-6-11(5-2)14-8-12-7-10(9-17-12)13(15)16-3/h7,9,11,14H,4-6,8H2,1-3H3. The van der Waals surface area contributed by atoms with E-state index >= 15 is 0 Å². The number of carbonyl (C=O) groups excluding carboxylic acids is 1. The van der Waals surface area contributed by atoms with E-state index in [1.807, 2.05) is 0 Å². The van der Waals surface area contributed by atoms with Crippen LogP contribution in [0.15, 0.2) is 16.7 Å². The minimum absolute atomic E-state index is 0.361. The zero-order valence-corrected chi connectivity index (χ0v) is 10.8. The summed E-state index contributed by atoms with van der Waals surface area (Å²) in [6.07, 6.45) is 4.85. The highest BCUT2D eigenvalue weighted by Gasteiger charge is 2.11. The van der Waals surface area contributed by atoms with Crippen molar-refractivity contribution in [3.63, 3.8) is 0 Å². The van der Waals surface area contributed by atoms with Gasteiger partial charge in [-0.25, -0.2) is 4.79 Å². The maximum atomic E-state index is 11.2. The van der Waals surface area contributed by atoms with Gasteiger partial charge in [0.1, 0.15) is 12.0 Å². The number of hydrogen-bond acceptors (Lipinski definition) is 4. The third-order valence-electron chi connectivity index (χ3n) is 2.77. The molecule has 1 atom stereocenters. The largest absolute Gasteiger partial charge is 0.467 e. The maximum absolute atomic E-state index is 11.2. The zero-order valence-electron chi connectivity index (χ0n) is 10.8. The molecule has 1 N–H and O–H groups in total. The van der Waals surface area contributed by atoms with Crippen LogP contribution in [0, 0.1) is 0 Å². The summed E-state index contributed by atoms with van der Waals surface area (Å²) in [5.41, 5.74) is 0.466. The molecule has 0 bridgehead atoms. The van der Waals surface area contributed by atoms with Gasteiger partial charge in [-0.2, -0.15) is 0 Å². The number of ether oxygens (including phenoxy) is 1. The zero-order chi connectivity index (χ0) is 12.7. The average Bonchev–Trinajstić information content (AvgIpc) is 2.82. The van der Waals surface area contributed by atoms with Crippen molar-refractivity contribution < 1.29 is 13.9 Å². The predicted molar refractivity (Wildman–Crippen MR) is 65.9 cm³/mol. The monoisotopic (exact) mass is 239 g/mol. The Hall–Kier alpha value is -1.29. The van der Waals surface area contributed by atoms with Crippen molar-refractivity contribution >= 4 is 5.97 Å². The molecular formula is C13H21NO3. The lowest BCUT2D eigenvalue weighted by molar-refractivity contribution is 0.0600. The second-order valence-corrected chi connectivity index (χ2v) is 4.07. The summed E-state index contributed by atoms with van der Waals surface area (Å²) in [6, 6.07) is 2.23. The van der Waals surface area contributed by atoms with Crippen molar-refractivity contribution in [2.45, 2.75) is 45.7 Å². The highest BCUT2D eigenvalue weighted by atomic mass is 16.5. The summed E-state index contributed by atoms with van der Waals surface area (Å²) in [6.45, 7) is 4.98. The van der Waals surface area contributed by atoms with Gasteiger partial charge in [0, 0.05) is 6.04 Å². The van der Waals surface area contributed by atoms with E-state index in [0.29, 0.717) is 18.2 Å². The van der Waals surface area contributed by atoms with Crippen LogP contribution in [0.5, 0.6) is 0 Å². The average molecular weight is 239 g/mol. The molecule has 4 heteroatoms. The van der Waals surface area contributed by atoms with Crippen LogP contribution in [0.1, 0.15) is 49.2 Å². The summed E-state index contributed by atoms with van der Waals surface area (Å²) >= 11 is 0. The highest BCUT2D eigenvalue weighted by Crippen LogP contribution is 2.10. The molecule has 0 aliphatic heterocycles. The van der Waals surface area contributed by atoms with Gasteiger partial charge in [0.25, 0.3) is 0 Å². The molecule has 4 nitrogen and oxygen atoms in total. The number of hydrogen-bond donors (Lipinski definition) is 1. The Kier molecular flexibility index (Phi) is 5.77. The van der Waals surface area contributed by atoms with Crippen LogP contribution >= 0.6 is 0 Å². The molecule has 0 saturated heterocycles. The van der Waals surface area contributed by atoms with E-state index in [0.717, 1.165) is 25.0 Å². The molecule has 0 amide bonds. The number of esters is 1. The van der Waals surface area contributed by atoms with Crippen LogP contribution in [-0.4, -0.2) is 19.1 Å². The topological polar surface area (TPSA) is 51.5 Å². The first-order valence-corrected chi connectivity index (χ1v) is 6.10. The summed E-state index contributed by atoms with van der Waals surface area (Å²) in [5.74, 6) is 0.403. The van der Waals surface area contributed by atoms with Crippen molar-refractivity contribution in [2.24, 2.45) is 0 Å². The highest BCUT2D eigenvalue weighted by molar-refractivity contribution is 5.88. The normalized spacial score (nSPS) is 12.4. The minimum atomic E-state index is -0.361. The lowest BCUT2D eigenvalue weighted by atomic mass is 10.1. The first-order valence-electron chi connectivity index (χ1n) is 6.10. The van der Waals surface area contributed by atoms with E-state index in [1.165, 1.54) is 13.4 Å². The van der Waals surface area contributed by atoms with Crippen molar-refractivity contribution in [2.75, 3.05) is 7.11 Å². The molecule has 1 aromatic rings. The molecule has 1 heterocycles. The van der Waals surface area contributed by atoms with Crippen LogP contribution in [0.25, 0.3) is 0 Å². The predicted octanol–water partition coefficient (Wildman–Crippen LogP) is 2.73. The second kappa shape index (κ2) is 7.12. The van der Waals surface area contributed by atoms with Crippen LogP contribution in [0.3, 0.4) is 0 Å². The molecule has 1 unspecified atom stereocenters. The van der Waals surface area contributed by atoms with Crippen LogP contribution in [-0.2, 0) is 11.3 Å². The van der Waals surface area contributed by atoms with Crippen LogP contribution < -0.4 is 5.32 Å². The lowest BCUT2D eigenvalue weighted by Gasteiger charge is -2.14. The van der Waals surface area contributed by atoms with Gasteiger partial charge in [-0.05, 0) is 18.9 Å². The Morgan fingerprint density at radius 3 is 2.88 bits per heavy atom. The van der Waals surface area contributed by atoms with Crippen molar-refractivity contribution in [3.05, 3.63) is 23.7 Å². The van der Waals surface area contributed by atoms with Gasteiger partial charge in [-0.15, -0.1) is 0 Å². The van der Waals surface area contributed by atoms with Crippen molar-refractivity contribution in [1.82, 2.24) is 5.32 Å². The van der Waals surface area contributed by atoms with E-state index in [2.05, 4.69) is 23.9 Å². The summed E-state index contributed by atoms with van der Waals surface area (Å²) < 4.78 is 9.91. The maximum Gasteiger partial charge on any atom is 0.341 e. The molecule has 0 aliphatic rings. The van der Waals surface area contributed by atoms with Gasteiger partial charge in [0.2, 0.25) is 0 Å². The smallest absolute Gasteiger partial charge is 0.341 e. The fourth-order valence-electron chi connectivity index (χ4n) is 1.74. The third kappa shape index (κ3) is 4.23. The van der Waals surface area contributed by atoms with Gasteiger partial charge in [0.05, 0.1) is 19.2 Å². The molecule has 1 aromatic heterocycles. The number of furan rings is 1. The van der Waals surface area contributed by atoms with Gasteiger partial charge >= 0.3 is 5.97 Å². The summed E-state index contributed by atoms with van der Waals surface area (Å²) in [4.78, 5) is 11.2. The summed E-state index contributed by atoms with van der Waals surface area (Å²) in [5, 5.41) is 3.41. The minimum Gasteiger partial charge on any atom is -0.467 e. The number of nitrogens with one attached hydrogen (secondary N) is 1. The molecule has 0 radical (unpaired) electrons. The first-order chi connectivity index (χ1) is 8.21. The first kappa shape index (κ1) is 13.8. The molecule has 1 rings (SSSR count). The lowest BCUT2D eigenvalue weighted by Crippen LogP contribution is -2.27. The van der Waals surface area contributed by atoms with E-state index in [4.69, 9.17) is 4.42 Å². The Balaban J connectivity index is 2.46. The molecule has 0 aromatic carbocycles. The SMILES string of the molecule is CCCC(CC)NCc1cc(C(=O)OC)co1. The molecule has 0 saturated carbocycles. The molecule has 17 heavy (non-hydrogen) atoms. The van der Waals surface area contributed by atoms with Crippen molar-refractivity contribution in [3.8, 4) is 0 Å². The Morgan fingerprint density at radius 1 is 1.53 bits per heavy atom. The van der Waals surface area contributed by atoms with Crippen molar-refractivity contribution in [1.29, 1.82) is 0 Å². The molecule has 0 spiro atoms. The van der Waals surface area contributed by atoms with Gasteiger partial charge < -0.3 is 14.5 Å². The van der Waals surface area contributed by atoms with E-state index in [9.17, 15) is 4.79 Å². The molecule has 0 aliphatic carbocycles. The Labute approximate surface area is 102 Å². The van der Waals surface area contributed by atoms with Gasteiger partial charge in [0.15, 0.2) is 0 Å². The Bertz CT molecular complexity index is 346. The second-order valence-electron chi connectivity index (χ2n) is 4.07. The number of carbonyl (C=O) groups is 1. The van der Waals surface area contributed by atoms with E-state index in [-0.39, 0.29) is 5.97 Å². The molecule has 96 valence electrons. The summed E-state index contributed by atoms with van der Waals surface area (Å²) in [7, 11) is 1.36. The van der Waals surface area contributed by atoms with Crippen LogP contribution in [0.2, 0.25) is 0 Å². The fraction of sp³-hybridized carbons (Fsp3) is 0.615. The molecular weight excluding hydrogens is 218 g/mol.